The first kappa shape index (κ1) is 29.5. The number of aromatic nitrogens is 3. The van der Waals surface area contributed by atoms with E-state index in [1.807, 2.05) is 12.1 Å². The van der Waals surface area contributed by atoms with Crippen LogP contribution in [0.4, 0.5) is 0 Å². The van der Waals surface area contributed by atoms with Gasteiger partial charge in [-0.05, 0) is 72.9 Å². The molecular weight excluding hydrogens is 647 g/mol. The fourth-order valence-electron chi connectivity index (χ4n) is 7.85. The Labute approximate surface area is 304 Å². The molecular formula is C49H29N3O. The lowest BCUT2D eigenvalue weighted by Crippen LogP contribution is -2.00. The first-order valence-corrected chi connectivity index (χ1v) is 17.8. The van der Waals surface area contributed by atoms with Crippen molar-refractivity contribution in [1.82, 2.24) is 15.0 Å². The summed E-state index contributed by atoms with van der Waals surface area (Å²) < 4.78 is 6.70. The standard InChI is InChI=1S/C49H29N3O/c1-3-12-33-27-36(22-19-30(33)9-1)41-15-7-16-42-45-43(17-8-18-44(45)53-46(41)42)49-51-47(37-24-20-31-10-2-4-13-34(31)28-37)50-48(52-49)38-25-26-40-35(29-38)23-21-32-11-5-6-14-39(32)40/h1-29H. The number of hydrogen-bond acceptors (Lipinski definition) is 4. The lowest BCUT2D eigenvalue weighted by molar-refractivity contribution is 0.670. The van der Waals surface area contributed by atoms with Crippen molar-refractivity contribution < 1.29 is 4.42 Å². The van der Waals surface area contributed by atoms with Crippen LogP contribution in [0, 0.1) is 0 Å². The molecule has 11 rings (SSSR count). The fraction of sp³-hybridized carbons (Fsp3) is 0. The summed E-state index contributed by atoms with van der Waals surface area (Å²) in [5.41, 5.74) is 6.56. The Morgan fingerprint density at radius 1 is 0.321 bits per heavy atom. The average molecular weight is 676 g/mol. The minimum absolute atomic E-state index is 0.598. The molecule has 0 amide bonds. The second kappa shape index (κ2) is 11.7. The Hall–Kier alpha value is -7.17. The van der Waals surface area contributed by atoms with Crippen LogP contribution in [0.1, 0.15) is 0 Å². The van der Waals surface area contributed by atoms with E-state index >= 15 is 0 Å². The Bertz CT molecular complexity index is 3250. The highest BCUT2D eigenvalue weighted by Crippen LogP contribution is 2.41. The fourth-order valence-corrected chi connectivity index (χ4v) is 7.85. The van der Waals surface area contributed by atoms with E-state index in [9.17, 15) is 0 Å². The van der Waals surface area contributed by atoms with Crippen molar-refractivity contribution in [2.24, 2.45) is 0 Å². The molecule has 2 aromatic heterocycles. The average Bonchev–Trinajstić information content (AvgIpc) is 3.62. The molecule has 0 aliphatic carbocycles. The summed E-state index contributed by atoms with van der Waals surface area (Å²) in [6.07, 6.45) is 0. The minimum atomic E-state index is 0.598. The van der Waals surface area contributed by atoms with E-state index < -0.39 is 0 Å². The highest BCUT2D eigenvalue weighted by atomic mass is 16.3. The molecule has 0 N–H and O–H groups in total. The maximum atomic E-state index is 6.70. The number of furan rings is 1. The van der Waals surface area contributed by atoms with Crippen LogP contribution in [0.3, 0.4) is 0 Å². The second-order valence-corrected chi connectivity index (χ2v) is 13.6. The summed E-state index contributed by atoms with van der Waals surface area (Å²) in [7, 11) is 0. The lowest BCUT2D eigenvalue weighted by Gasteiger charge is -2.11. The third-order valence-corrected chi connectivity index (χ3v) is 10.5. The molecule has 4 nitrogen and oxygen atoms in total. The largest absolute Gasteiger partial charge is 0.455 e. The summed E-state index contributed by atoms with van der Waals surface area (Å²) in [6.45, 7) is 0. The van der Waals surface area contributed by atoms with Crippen molar-refractivity contribution in [2.75, 3.05) is 0 Å². The summed E-state index contributed by atoms with van der Waals surface area (Å²) in [5, 5.41) is 11.5. The maximum absolute atomic E-state index is 6.70. The summed E-state index contributed by atoms with van der Waals surface area (Å²) in [4.78, 5) is 15.6. The topological polar surface area (TPSA) is 51.8 Å². The van der Waals surface area contributed by atoms with Crippen LogP contribution in [0.2, 0.25) is 0 Å². The van der Waals surface area contributed by atoms with Crippen molar-refractivity contribution in [2.45, 2.75) is 0 Å². The normalized spacial score (nSPS) is 11.8. The molecule has 0 unspecified atom stereocenters. The van der Waals surface area contributed by atoms with Crippen molar-refractivity contribution >= 4 is 65.0 Å². The molecule has 0 saturated carbocycles. The molecule has 0 bridgehead atoms. The van der Waals surface area contributed by atoms with Gasteiger partial charge in [-0.15, -0.1) is 0 Å². The number of benzene rings is 9. The molecule has 53 heavy (non-hydrogen) atoms. The zero-order valence-electron chi connectivity index (χ0n) is 28.5. The Morgan fingerprint density at radius 2 is 0.830 bits per heavy atom. The molecule has 0 atom stereocenters. The minimum Gasteiger partial charge on any atom is -0.455 e. The van der Waals surface area contributed by atoms with E-state index in [2.05, 4.69) is 164 Å². The van der Waals surface area contributed by atoms with Crippen molar-refractivity contribution in [1.29, 1.82) is 0 Å². The van der Waals surface area contributed by atoms with E-state index in [0.29, 0.717) is 17.5 Å². The Morgan fingerprint density at radius 3 is 1.60 bits per heavy atom. The van der Waals surface area contributed by atoms with Gasteiger partial charge in [-0.1, -0.05) is 152 Å². The van der Waals surface area contributed by atoms with Gasteiger partial charge in [0.25, 0.3) is 0 Å². The molecule has 0 fully saturated rings. The van der Waals surface area contributed by atoms with Gasteiger partial charge in [0.15, 0.2) is 17.5 Å². The lowest BCUT2D eigenvalue weighted by atomic mass is 9.98. The van der Waals surface area contributed by atoms with Crippen LogP contribution < -0.4 is 0 Å². The van der Waals surface area contributed by atoms with E-state index in [1.165, 1.54) is 32.3 Å². The van der Waals surface area contributed by atoms with Gasteiger partial charge in [0.2, 0.25) is 0 Å². The predicted molar refractivity (Wildman–Crippen MR) is 219 cm³/mol. The summed E-state index contributed by atoms with van der Waals surface area (Å²) >= 11 is 0. The monoisotopic (exact) mass is 675 g/mol. The molecule has 0 aliphatic heterocycles. The summed E-state index contributed by atoms with van der Waals surface area (Å²) in [6, 6.07) is 61.7. The SMILES string of the molecule is c1ccc2cc(-c3nc(-c4ccc5c(ccc6ccccc65)c4)nc(-c4cccc5oc6c(-c7ccc8ccccc8c7)cccc6c45)n3)ccc2c1. The highest BCUT2D eigenvalue weighted by Gasteiger charge is 2.20. The number of fused-ring (bicyclic) bond motifs is 8. The van der Waals surface area contributed by atoms with Gasteiger partial charge in [-0.2, -0.15) is 0 Å². The third-order valence-electron chi connectivity index (χ3n) is 10.5. The quantitative estimate of drug-likeness (QED) is 0.174. The first-order valence-electron chi connectivity index (χ1n) is 17.8. The van der Waals surface area contributed by atoms with Crippen LogP contribution in [0.5, 0.6) is 0 Å². The third kappa shape index (κ3) is 4.88. The van der Waals surface area contributed by atoms with Crippen molar-refractivity contribution in [3.05, 3.63) is 176 Å². The Balaban J connectivity index is 1.13. The van der Waals surface area contributed by atoms with Crippen LogP contribution in [0.15, 0.2) is 180 Å². The summed E-state index contributed by atoms with van der Waals surface area (Å²) in [5.74, 6) is 1.84. The van der Waals surface area contributed by atoms with Crippen LogP contribution in [0.25, 0.3) is 110 Å². The van der Waals surface area contributed by atoms with E-state index in [4.69, 9.17) is 19.4 Å². The zero-order chi connectivity index (χ0) is 34.9. The Kier molecular flexibility index (Phi) is 6.52. The number of nitrogens with zero attached hydrogens (tertiary/aromatic N) is 3. The van der Waals surface area contributed by atoms with Crippen molar-refractivity contribution in [3.8, 4) is 45.3 Å². The van der Waals surface area contributed by atoms with Gasteiger partial charge in [0.05, 0.1) is 0 Å². The van der Waals surface area contributed by atoms with E-state index in [0.717, 1.165) is 60.5 Å². The van der Waals surface area contributed by atoms with Gasteiger partial charge in [0, 0.05) is 33.0 Å². The van der Waals surface area contributed by atoms with Gasteiger partial charge < -0.3 is 4.42 Å². The first-order chi connectivity index (χ1) is 26.2. The molecule has 0 aliphatic rings. The molecule has 11 aromatic rings. The number of rotatable bonds is 4. The maximum Gasteiger partial charge on any atom is 0.164 e. The zero-order valence-corrected chi connectivity index (χ0v) is 28.5. The van der Waals surface area contributed by atoms with Crippen LogP contribution in [-0.2, 0) is 0 Å². The van der Waals surface area contributed by atoms with Gasteiger partial charge in [-0.25, -0.2) is 15.0 Å². The van der Waals surface area contributed by atoms with Gasteiger partial charge >= 0.3 is 0 Å². The van der Waals surface area contributed by atoms with Gasteiger partial charge in [0.1, 0.15) is 11.2 Å². The van der Waals surface area contributed by atoms with Crippen LogP contribution >= 0.6 is 0 Å². The molecule has 0 radical (unpaired) electrons. The molecule has 2 heterocycles. The second-order valence-electron chi connectivity index (χ2n) is 13.6. The van der Waals surface area contributed by atoms with Gasteiger partial charge in [-0.3, -0.25) is 0 Å². The predicted octanol–water partition coefficient (Wildman–Crippen LogP) is 13.1. The van der Waals surface area contributed by atoms with E-state index in [-0.39, 0.29) is 0 Å². The molecule has 0 saturated heterocycles. The van der Waals surface area contributed by atoms with Crippen molar-refractivity contribution in [3.63, 3.8) is 0 Å². The molecule has 4 heteroatoms. The van der Waals surface area contributed by atoms with E-state index in [1.54, 1.807) is 0 Å². The molecule has 9 aromatic carbocycles. The molecule has 246 valence electrons. The number of para-hydroxylation sites is 1. The number of hydrogen-bond donors (Lipinski definition) is 0. The highest BCUT2D eigenvalue weighted by molar-refractivity contribution is 6.15. The smallest absolute Gasteiger partial charge is 0.164 e. The molecule has 0 spiro atoms. The van der Waals surface area contributed by atoms with Crippen LogP contribution in [-0.4, -0.2) is 15.0 Å².